The van der Waals surface area contributed by atoms with Crippen LogP contribution < -0.4 is 10.1 Å². The zero-order valence-electron chi connectivity index (χ0n) is 14.3. The molecule has 0 aliphatic rings. The van der Waals surface area contributed by atoms with Gasteiger partial charge in [0.05, 0.1) is 12.8 Å². The third kappa shape index (κ3) is 2.74. The van der Waals surface area contributed by atoms with E-state index < -0.39 is 0 Å². The van der Waals surface area contributed by atoms with Crippen LogP contribution in [0.5, 0.6) is 5.75 Å². The fraction of sp³-hybridized carbons (Fsp3) is 0.333. The Morgan fingerprint density at radius 1 is 1.22 bits per heavy atom. The second kappa shape index (κ2) is 5.91. The molecule has 0 saturated carbocycles. The van der Waals surface area contributed by atoms with Crippen LogP contribution >= 0.6 is 0 Å². The first-order valence-corrected chi connectivity index (χ1v) is 7.68. The van der Waals surface area contributed by atoms with Crippen LogP contribution in [0.1, 0.15) is 22.6 Å². The van der Waals surface area contributed by atoms with Crippen molar-refractivity contribution in [1.29, 1.82) is 0 Å². The number of hydrogen-bond acceptors (Lipinski definition) is 4. The lowest BCUT2D eigenvalue weighted by molar-refractivity contribution is 0.419. The number of methoxy groups -OCH3 is 1. The molecule has 0 bridgehead atoms. The standard InChI is InChI=1S/C18H22N4O/c1-11-9-16(14-7-6-8-17(23-5)18(14)20-11)19-10-15-12(2)21-22(4)13(15)3/h6-9H,10H2,1-5H3,(H,19,20). The van der Waals surface area contributed by atoms with Crippen molar-refractivity contribution in [2.45, 2.75) is 27.3 Å². The summed E-state index contributed by atoms with van der Waals surface area (Å²) in [5, 5.41) is 9.08. The van der Waals surface area contributed by atoms with E-state index in [0.29, 0.717) is 0 Å². The van der Waals surface area contributed by atoms with E-state index >= 15 is 0 Å². The van der Waals surface area contributed by atoms with Crippen molar-refractivity contribution in [3.63, 3.8) is 0 Å². The average Bonchev–Trinajstić information content (AvgIpc) is 2.77. The SMILES string of the molecule is COc1cccc2c(NCc3c(C)nn(C)c3C)cc(C)nc12. The highest BCUT2D eigenvalue weighted by Gasteiger charge is 2.12. The largest absolute Gasteiger partial charge is 0.494 e. The molecule has 0 fully saturated rings. The first kappa shape index (κ1) is 15.3. The van der Waals surface area contributed by atoms with Crippen LogP contribution in [0.3, 0.4) is 0 Å². The van der Waals surface area contributed by atoms with E-state index in [1.165, 1.54) is 11.3 Å². The third-order valence-electron chi connectivity index (χ3n) is 4.26. The normalized spacial score (nSPS) is 11.0. The topological polar surface area (TPSA) is 52.0 Å². The van der Waals surface area contributed by atoms with Gasteiger partial charge in [0.1, 0.15) is 11.3 Å². The molecule has 0 aliphatic carbocycles. The molecule has 1 aromatic carbocycles. The molecule has 5 nitrogen and oxygen atoms in total. The number of aromatic nitrogens is 3. The molecular weight excluding hydrogens is 288 g/mol. The van der Waals surface area contributed by atoms with E-state index in [-0.39, 0.29) is 0 Å². The van der Waals surface area contributed by atoms with Gasteiger partial charge in [0.25, 0.3) is 0 Å². The maximum absolute atomic E-state index is 5.44. The Balaban J connectivity index is 2.00. The molecule has 120 valence electrons. The second-order valence-electron chi connectivity index (χ2n) is 5.79. The van der Waals surface area contributed by atoms with Crippen molar-refractivity contribution in [2.75, 3.05) is 12.4 Å². The lowest BCUT2D eigenvalue weighted by Crippen LogP contribution is -2.04. The van der Waals surface area contributed by atoms with Crippen molar-refractivity contribution in [1.82, 2.24) is 14.8 Å². The van der Waals surface area contributed by atoms with E-state index in [0.717, 1.165) is 40.3 Å². The summed E-state index contributed by atoms with van der Waals surface area (Å²) in [6.07, 6.45) is 0. The van der Waals surface area contributed by atoms with Gasteiger partial charge in [-0.2, -0.15) is 5.10 Å². The van der Waals surface area contributed by atoms with Crippen LogP contribution in [0.2, 0.25) is 0 Å². The molecule has 3 rings (SSSR count). The van der Waals surface area contributed by atoms with Crippen molar-refractivity contribution >= 4 is 16.6 Å². The summed E-state index contributed by atoms with van der Waals surface area (Å²) in [5.74, 6) is 0.794. The maximum Gasteiger partial charge on any atom is 0.145 e. The summed E-state index contributed by atoms with van der Waals surface area (Å²) in [7, 11) is 3.65. The number of anilines is 1. The molecule has 23 heavy (non-hydrogen) atoms. The second-order valence-corrected chi connectivity index (χ2v) is 5.79. The fourth-order valence-corrected chi connectivity index (χ4v) is 2.92. The van der Waals surface area contributed by atoms with Crippen molar-refractivity contribution in [3.05, 3.63) is 46.9 Å². The van der Waals surface area contributed by atoms with E-state index in [9.17, 15) is 0 Å². The summed E-state index contributed by atoms with van der Waals surface area (Å²) in [6, 6.07) is 8.07. The molecule has 0 spiro atoms. The minimum atomic E-state index is 0.737. The van der Waals surface area contributed by atoms with E-state index in [1.807, 2.05) is 37.7 Å². The number of rotatable bonds is 4. The van der Waals surface area contributed by atoms with Crippen LogP contribution in [0.25, 0.3) is 10.9 Å². The van der Waals surface area contributed by atoms with Crippen LogP contribution in [-0.2, 0) is 13.6 Å². The van der Waals surface area contributed by atoms with Gasteiger partial charge < -0.3 is 10.1 Å². The Kier molecular flexibility index (Phi) is 3.94. The smallest absolute Gasteiger partial charge is 0.145 e. The Bertz CT molecular complexity index is 867. The molecule has 5 heteroatoms. The van der Waals surface area contributed by atoms with Gasteiger partial charge in [-0.3, -0.25) is 4.68 Å². The lowest BCUT2D eigenvalue weighted by atomic mass is 10.1. The summed E-state index contributed by atoms with van der Waals surface area (Å²) in [5.41, 5.74) is 6.39. The number of benzene rings is 1. The molecule has 0 amide bonds. The molecule has 0 atom stereocenters. The molecule has 0 radical (unpaired) electrons. The molecular formula is C18H22N4O. The maximum atomic E-state index is 5.44. The Morgan fingerprint density at radius 3 is 2.65 bits per heavy atom. The molecule has 3 aromatic rings. The van der Waals surface area contributed by atoms with E-state index in [4.69, 9.17) is 4.74 Å². The van der Waals surface area contributed by atoms with Crippen LogP contribution in [0.4, 0.5) is 5.69 Å². The van der Waals surface area contributed by atoms with Gasteiger partial charge in [-0.05, 0) is 32.9 Å². The number of nitrogens with one attached hydrogen (secondary N) is 1. The van der Waals surface area contributed by atoms with Gasteiger partial charge in [0.15, 0.2) is 0 Å². The lowest BCUT2D eigenvalue weighted by Gasteiger charge is -2.13. The van der Waals surface area contributed by atoms with Gasteiger partial charge in [0, 0.05) is 41.6 Å². The number of para-hydroxylation sites is 1. The highest BCUT2D eigenvalue weighted by atomic mass is 16.5. The molecule has 1 N–H and O–H groups in total. The molecule has 2 aromatic heterocycles. The zero-order chi connectivity index (χ0) is 16.6. The Morgan fingerprint density at radius 2 is 2.00 bits per heavy atom. The van der Waals surface area contributed by atoms with Gasteiger partial charge in [0.2, 0.25) is 0 Å². The van der Waals surface area contributed by atoms with Gasteiger partial charge in [-0.15, -0.1) is 0 Å². The molecule has 0 saturated heterocycles. The number of pyridine rings is 1. The predicted molar refractivity (Wildman–Crippen MR) is 93.0 cm³/mol. The summed E-state index contributed by atoms with van der Waals surface area (Å²) < 4.78 is 7.36. The average molecular weight is 310 g/mol. The van der Waals surface area contributed by atoms with Crippen molar-refractivity contribution in [2.24, 2.45) is 7.05 Å². The van der Waals surface area contributed by atoms with Crippen LogP contribution in [0, 0.1) is 20.8 Å². The quantitative estimate of drug-likeness (QED) is 0.801. The van der Waals surface area contributed by atoms with E-state index in [1.54, 1.807) is 7.11 Å². The van der Waals surface area contributed by atoms with Crippen LogP contribution in [-0.4, -0.2) is 21.9 Å². The van der Waals surface area contributed by atoms with Gasteiger partial charge >= 0.3 is 0 Å². The summed E-state index contributed by atoms with van der Waals surface area (Å²) in [6.45, 7) is 6.87. The molecule has 0 aliphatic heterocycles. The van der Waals surface area contributed by atoms with Gasteiger partial charge in [-0.1, -0.05) is 12.1 Å². The third-order valence-corrected chi connectivity index (χ3v) is 4.26. The Hall–Kier alpha value is -2.56. The Labute approximate surface area is 136 Å². The number of ether oxygens (including phenoxy) is 1. The highest BCUT2D eigenvalue weighted by Crippen LogP contribution is 2.30. The monoisotopic (exact) mass is 310 g/mol. The first-order chi connectivity index (χ1) is 11.0. The number of aryl methyl sites for hydroxylation is 3. The minimum absolute atomic E-state index is 0.737. The fourth-order valence-electron chi connectivity index (χ4n) is 2.92. The van der Waals surface area contributed by atoms with Crippen molar-refractivity contribution < 1.29 is 4.74 Å². The van der Waals surface area contributed by atoms with E-state index in [2.05, 4.69) is 34.5 Å². The van der Waals surface area contributed by atoms with Gasteiger partial charge in [-0.25, -0.2) is 4.98 Å². The summed E-state index contributed by atoms with van der Waals surface area (Å²) in [4.78, 5) is 4.62. The molecule has 2 heterocycles. The minimum Gasteiger partial charge on any atom is -0.494 e. The summed E-state index contributed by atoms with van der Waals surface area (Å²) >= 11 is 0. The van der Waals surface area contributed by atoms with Crippen LogP contribution in [0.15, 0.2) is 24.3 Å². The number of nitrogens with zero attached hydrogens (tertiary/aromatic N) is 3. The zero-order valence-corrected chi connectivity index (χ0v) is 14.3. The van der Waals surface area contributed by atoms with Crippen molar-refractivity contribution in [3.8, 4) is 5.75 Å². The first-order valence-electron chi connectivity index (χ1n) is 7.68. The number of hydrogen-bond donors (Lipinski definition) is 1. The highest BCUT2D eigenvalue weighted by molar-refractivity contribution is 5.95. The predicted octanol–water partition coefficient (Wildman–Crippen LogP) is 3.51. The molecule has 0 unspecified atom stereocenters. The number of fused-ring (bicyclic) bond motifs is 1.